The molecule has 6 aromatic heterocycles. The Morgan fingerprint density at radius 1 is 0.449 bits per heavy atom. The van der Waals surface area contributed by atoms with Crippen LogP contribution in [0, 0.1) is 0 Å². The number of hydrogen-bond acceptors (Lipinski definition) is 8. The van der Waals surface area contributed by atoms with E-state index in [0.717, 1.165) is 72.3 Å². The molecule has 9 nitrogen and oxygen atoms in total. The van der Waals surface area contributed by atoms with Crippen LogP contribution in [0.15, 0.2) is 140 Å². The average Bonchev–Trinajstić information content (AvgIpc) is 3.18. The van der Waals surface area contributed by atoms with E-state index in [4.69, 9.17) is 15.0 Å². The number of carbonyl (C=O) groups excluding carboxylic acids is 1. The van der Waals surface area contributed by atoms with Crippen molar-refractivity contribution in [2.24, 2.45) is 0 Å². The first-order valence-corrected chi connectivity index (χ1v) is 15.7. The molecule has 0 bridgehead atoms. The quantitative estimate of drug-likeness (QED) is 0.149. The lowest BCUT2D eigenvalue weighted by atomic mass is 10.0. The second kappa shape index (κ2) is 11.7. The van der Waals surface area contributed by atoms with E-state index in [0.29, 0.717) is 16.8 Å². The third-order valence-electron chi connectivity index (χ3n) is 8.43. The second-order valence-corrected chi connectivity index (χ2v) is 11.5. The highest BCUT2D eigenvalue weighted by molar-refractivity contribution is 6.21. The lowest BCUT2D eigenvalue weighted by Crippen LogP contribution is -2.11. The van der Waals surface area contributed by atoms with Crippen molar-refractivity contribution in [3.63, 3.8) is 0 Å². The van der Waals surface area contributed by atoms with Crippen molar-refractivity contribution in [2.75, 3.05) is 5.32 Å². The second-order valence-electron chi connectivity index (χ2n) is 11.5. The number of anilines is 1. The van der Waals surface area contributed by atoms with E-state index in [9.17, 15) is 4.79 Å². The molecule has 9 heteroatoms. The molecule has 0 atom stereocenters. The molecule has 0 unspecified atom stereocenters. The number of pyridine rings is 5. The lowest BCUT2D eigenvalue weighted by molar-refractivity contribution is 0.102. The van der Waals surface area contributed by atoms with Crippen LogP contribution >= 0.6 is 0 Å². The van der Waals surface area contributed by atoms with Gasteiger partial charge >= 0.3 is 0 Å². The molecular weight excluding hydrogens is 608 g/mol. The van der Waals surface area contributed by atoms with Crippen LogP contribution in [-0.4, -0.2) is 40.8 Å². The van der Waals surface area contributed by atoms with Crippen LogP contribution in [0.3, 0.4) is 0 Å². The van der Waals surface area contributed by atoms with Crippen molar-refractivity contribution in [3.8, 4) is 33.9 Å². The van der Waals surface area contributed by atoms with Crippen molar-refractivity contribution < 1.29 is 4.79 Å². The summed E-state index contributed by atoms with van der Waals surface area (Å²) in [4.78, 5) is 46.4. The third-order valence-corrected chi connectivity index (χ3v) is 8.43. The van der Waals surface area contributed by atoms with E-state index in [2.05, 4.69) is 25.3 Å². The number of benzene rings is 3. The predicted molar refractivity (Wildman–Crippen MR) is 192 cm³/mol. The Morgan fingerprint density at radius 2 is 1.04 bits per heavy atom. The highest BCUT2D eigenvalue weighted by Gasteiger charge is 2.15. The molecule has 9 aromatic rings. The molecule has 0 fully saturated rings. The molecule has 0 saturated heterocycles. The van der Waals surface area contributed by atoms with Crippen molar-refractivity contribution in [2.45, 2.75) is 0 Å². The van der Waals surface area contributed by atoms with Gasteiger partial charge in [-0.2, -0.15) is 0 Å². The van der Waals surface area contributed by atoms with Gasteiger partial charge in [0, 0.05) is 46.8 Å². The Hall–Kier alpha value is -7.00. The Morgan fingerprint density at radius 3 is 1.63 bits per heavy atom. The summed E-state index contributed by atoms with van der Waals surface area (Å²) in [6, 6.07) is 36.3. The van der Waals surface area contributed by atoms with Crippen molar-refractivity contribution in [1.29, 1.82) is 0 Å². The van der Waals surface area contributed by atoms with Gasteiger partial charge in [0.05, 0.1) is 55.9 Å². The van der Waals surface area contributed by atoms with Crippen LogP contribution in [0.2, 0.25) is 0 Å². The summed E-state index contributed by atoms with van der Waals surface area (Å²) in [5.41, 5.74) is 10.5. The number of rotatable bonds is 5. The first-order chi connectivity index (χ1) is 24.2. The normalized spacial score (nSPS) is 11.3. The molecule has 0 aliphatic heterocycles. The summed E-state index contributed by atoms with van der Waals surface area (Å²) in [5, 5.41) is 4.80. The SMILES string of the molecule is O=C(Nc1ccc2nc3c4cccnc4c4ncccc4c3nc2c1)c1ccc(-c2cc(-c3ccccn3)nc(-c3ccccn3)c2)cc1. The highest BCUT2D eigenvalue weighted by atomic mass is 16.1. The zero-order valence-corrected chi connectivity index (χ0v) is 25.8. The Labute approximate surface area is 279 Å². The first-order valence-electron chi connectivity index (χ1n) is 15.7. The maximum absolute atomic E-state index is 13.4. The van der Waals surface area contributed by atoms with E-state index in [1.54, 1.807) is 24.8 Å². The standard InChI is InChI=1S/C40H24N8O/c49-40(25-13-11-24(12-14-25)26-21-33(30-9-1-3-17-41-30)46-34(22-26)31-10-2-4-18-42-31)45-27-15-16-32-35(23-27)48-39-29-8-6-20-44-37(29)36-28(38(39)47-32)7-5-19-43-36/h1-23H,(H,45,49). The van der Waals surface area contributed by atoms with Crippen LogP contribution in [0.4, 0.5) is 5.69 Å². The van der Waals surface area contributed by atoms with Crippen molar-refractivity contribution in [1.82, 2.24) is 34.9 Å². The number of nitrogens with one attached hydrogen (secondary N) is 1. The van der Waals surface area contributed by atoms with E-state index in [1.165, 1.54) is 0 Å². The lowest BCUT2D eigenvalue weighted by Gasteiger charge is -2.11. The van der Waals surface area contributed by atoms with E-state index in [-0.39, 0.29) is 5.91 Å². The van der Waals surface area contributed by atoms with Crippen LogP contribution in [-0.2, 0) is 0 Å². The van der Waals surface area contributed by atoms with Crippen LogP contribution < -0.4 is 5.32 Å². The molecule has 6 heterocycles. The van der Waals surface area contributed by atoms with E-state index >= 15 is 0 Å². The summed E-state index contributed by atoms with van der Waals surface area (Å²) in [7, 11) is 0. The minimum absolute atomic E-state index is 0.232. The molecule has 0 aliphatic rings. The van der Waals surface area contributed by atoms with Crippen LogP contribution in [0.1, 0.15) is 10.4 Å². The Bertz CT molecular complexity index is 2640. The van der Waals surface area contributed by atoms with Gasteiger partial charge in [-0.15, -0.1) is 0 Å². The Balaban J connectivity index is 1.03. The van der Waals surface area contributed by atoms with Crippen molar-refractivity contribution in [3.05, 3.63) is 146 Å². The zero-order chi connectivity index (χ0) is 32.7. The Kier molecular flexibility index (Phi) is 6.72. The summed E-state index contributed by atoms with van der Waals surface area (Å²) in [6.45, 7) is 0. The zero-order valence-electron chi connectivity index (χ0n) is 25.8. The first kappa shape index (κ1) is 28.2. The van der Waals surface area contributed by atoms with Gasteiger partial charge in [0.2, 0.25) is 0 Å². The molecule has 49 heavy (non-hydrogen) atoms. The fourth-order valence-corrected chi connectivity index (χ4v) is 6.08. The number of aromatic nitrogens is 7. The summed E-state index contributed by atoms with van der Waals surface area (Å²) < 4.78 is 0. The minimum atomic E-state index is -0.232. The van der Waals surface area contributed by atoms with Gasteiger partial charge in [-0.1, -0.05) is 24.3 Å². The fourth-order valence-electron chi connectivity index (χ4n) is 6.08. The number of amides is 1. The molecule has 1 N–H and O–H groups in total. The van der Waals surface area contributed by atoms with Gasteiger partial charge in [0.15, 0.2) is 0 Å². The van der Waals surface area contributed by atoms with Gasteiger partial charge in [-0.25, -0.2) is 15.0 Å². The molecule has 0 radical (unpaired) electrons. The van der Waals surface area contributed by atoms with Crippen LogP contribution in [0.5, 0.6) is 0 Å². The maximum Gasteiger partial charge on any atom is 0.255 e. The smallest absolute Gasteiger partial charge is 0.255 e. The molecular formula is C40H24N8O. The van der Waals surface area contributed by atoms with Gasteiger partial charge < -0.3 is 5.32 Å². The minimum Gasteiger partial charge on any atom is -0.322 e. The van der Waals surface area contributed by atoms with Crippen molar-refractivity contribution >= 4 is 55.5 Å². The third kappa shape index (κ3) is 5.15. The molecule has 9 rings (SSSR count). The number of nitrogens with zero attached hydrogens (tertiary/aromatic N) is 7. The van der Waals surface area contributed by atoms with Gasteiger partial charge in [0.25, 0.3) is 5.91 Å². The summed E-state index contributed by atoms with van der Waals surface area (Å²) >= 11 is 0. The van der Waals surface area contributed by atoms with Gasteiger partial charge in [-0.3, -0.25) is 24.7 Å². The topological polar surface area (TPSA) is 119 Å². The molecule has 230 valence electrons. The van der Waals surface area contributed by atoms with Gasteiger partial charge in [0.1, 0.15) is 0 Å². The summed E-state index contributed by atoms with van der Waals surface area (Å²) in [6.07, 6.45) is 7.02. The molecule has 0 spiro atoms. The molecule has 0 aliphatic carbocycles. The highest BCUT2D eigenvalue weighted by Crippen LogP contribution is 2.33. The molecule has 1 amide bonds. The number of fused-ring (bicyclic) bond motifs is 7. The number of hydrogen-bond donors (Lipinski definition) is 1. The van der Waals surface area contributed by atoms with Gasteiger partial charge in [-0.05, 0) is 102 Å². The van der Waals surface area contributed by atoms with E-state index < -0.39 is 0 Å². The molecule has 0 saturated carbocycles. The monoisotopic (exact) mass is 632 g/mol. The summed E-state index contributed by atoms with van der Waals surface area (Å²) in [5.74, 6) is -0.232. The fraction of sp³-hybridized carbons (Fsp3) is 0. The average molecular weight is 633 g/mol. The van der Waals surface area contributed by atoms with E-state index in [1.807, 2.05) is 115 Å². The maximum atomic E-state index is 13.4. The molecule has 3 aromatic carbocycles. The number of carbonyl (C=O) groups is 1. The largest absolute Gasteiger partial charge is 0.322 e. The predicted octanol–water partition coefficient (Wildman–Crippen LogP) is 8.32. The van der Waals surface area contributed by atoms with Crippen LogP contribution in [0.25, 0.3) is 77.8 Å².